The minimum Gasteiger partial charge on any atom is -0.310 e. The molecule has 23 heavy (non-hydrogen) atoms. The van der Waals surface area contributed by atoms with Crippen molar-refractivity contribution in [2.45, 2.75) is 26.7 Å². The minimum atomic E-state index is -0.332. The van der Waals surface area contributed by atoms with Gasteiger partial charge in [-0.2, -0.15) is 0 Å². The Morgan fingerprint density at radius 1 is 1.30 bits per heavy atom. The zero-order valence-corrected chi connectivity index (χ0v) is 13.1. The highest BCUT2D eigenvalue weighted by atomic mass is 19.1. The van der Waals surface area contributed by atoms with E-state index in [4.69, 9.17) is 0 Å². The van der Waals surface area contributed by atoms with Crippen molar-refractivity contribution >= 4 is 17.4 Å². The molecule has 5 heteroatoms. The Balaban J connectivity index is 2.17. The Morgan fingerprint density at radius 2 is 2.13 bits per heavy atom. The van der Waals surface area contributed by atoms with Crippen LogP contribution in [0.25, 0.3) is 16.9 Å². The number of fused-ring (bicyclic) bond motifs is 1. The number of hydrogen-bond donors (Lipinski definition) is 1. The summed E-state index contributed by atoms with van der Waals surface area (Å²) in [5, 5.41) is 2.91. The summed E-state index contributed by atoms with van der Waals surface area (Å²) in [4.78, 5) is 16.6. The van der Waals surface area contributed by atoms with Crippen molar-refractivity contribution in [2.24, 2.45) is 0 Å². The lowest BCUT2D eigenvalue weighted by molar-refractivity contribution is -0.116. The molecule has 3 rings (SSSR count). The third-order valence-electron chi connectivity index (χ3n) is 3.61. The Hall–Kier alpha value is -2.69. The topological polar surface area (TPSA) is 46.4 Å². The van der Waals surface area contributed by atoms with Crippen LogP contribution in [-0.2, 0) is 4.79 Å². The fraction of sp³-hybridized carbons (Fsp3) is 0.222. The Labute approximate surface area is 134 Å². The molecule has 0 aliphatic carbocycles. The van der Waals surface area contributed by atoms with Crippen molar-refractivity contribution in [1.82, 2.24) is 9.38 Å². The van der Waals surface area contributed by atoms with Gasteiger partial charge in [-0.25, -0.2) is 9.37 Å². The normalized spacial score (nSPS) is 10.9. The number of aryl methyl sites for hydroxylation is 1. The predicted molar refractivity (Wildman–Crippen MR) is 88.9 cm³/mol. The average molecular weight is 311 g/mol. The van der Waals surface area contributed by atoms with Gasteiger partial charge in [0.1, 0.15) is 23.0 Å². The van der Waals surface area contributed by atoms with E-state index in [-0.39, 0.29) is 11.7 Å². The summed E-state index contributed by atoms with van der Waals surface area (Å²) in [5.41, 5.74) is 2.99. The van der Waals surface area contributed by atoms with Gasteiger partial charge in [-0.15, -0.1) is 0 Å². The number of amides is 1. The van der Waals surface area contributed by atoms with E-state index in [0.29, 0.717) is 23.5 Å². The first kappa shape index (κ1) is 15.2. The van der Waals surface area contributed by atoms with Gasteiger partial charge in [0.15, 0.2) is 0 Å². The van der Waals surface area contributed by atoms with Gasteiger partial charge in [-0.05, 0) is 43.2 Å². The number of hydrogen-bond acceptors (Lipinski definition) is 2. The maximum Gasteiger partial charge on any atom is 0.225 e. The summed E-state index contributed by atoms with van der Waals surface area (Å²) < 4.78 is 15.4. The molecule has 0 aliphatic heterocycles. The molecule has 0 atom stereocenters. The highest BCUT2D eigenvalue weighted by Crippen LogP contribution is 2.29. The van der Waals surface area contributed by atoms with E-state index < -0.39 is 0 Å². The number of nitrogens with zero attached hydrogens (tertiary/aromatic N) is 2. The monoisotopic (exact) mass is 311 g/mol. The lowest BCUT2D eigenvalue weighted by atomic mass is 10.1. The van der Waals surface area contributed by atoms with Crippen LogP contribution >= 0.6 is 0 Å². The molecule has 2 heterocycles. The molecule has 4 nitrogen and oxygen atoms in total. The number of nitrogens with one attached hydrogen (secondary N) is 1. The lowest BCUT2D eigenvalue weighted by Gasteiger charge is -2.07. The summed E-state index contributed by atoms with van der Waals surface area (Å²) in [6, 6.07) is 10.1. The van der Waals surface area contributed by atoms with Crippen LogP contribution in [0.15, 0.2) is 42.6 Å². The molecule has 0 radical (unpaired) electrons. The maximum absolute atomic E-state index is 13.6. The van der Waals surface area contributed by atoms with Crippen LogP contribution in [0, 0.1) is 12.7 Å². The van der Waals surface area contributed by atoms with Gasteiger partial charge in [0.25, 0.3) is 0 Å². The van der Waals surface area contributed by atoms with Crippen molar-refractivity contribution in [2.75, 3.05) is 5.32 Å². The number of imidazole rings is 1. The second kappa shape index (κ2) is 6.20. The lowest BCUT2D eigenvalue weighted by Crippen LogP contribution is -2.13. The molecule has 0 bridgehead atoms. The first-order valence-corrected chi connectivity index (χ1v) is 7.63. The summed E-state index contributed by atoms with van der Waals surface area (Å²) in [6.07, 6.45) is 3.06. The van der Waals surface area contributed by atoms with Crippen LogP contribution in [0.5, 0.6) is 0 Å². The maximum atomic E-state index is 13.6. The van der Waals surface area contributed by atoms with Crippen molar-refractivity contribution in [3.05, 3.63) is 54.0 Å². The van der Waals surface area contributed by atoms with Gasteiger partial charge >= 0.3 is 0 Å². The molecular weight excluding hydrogens is 293 g/mol. The van der Waals surface area contributed by atoms with Gasteiger partial charge in [0.2, 0.25) is 5.91 Å². The van der Waals surface area contributed by atoms with Crippen LogP contribution in [0.1, 0.15) is 25.3 Å². The first-order chi connectivity index (χ1) is 11.1. The molecule has 0 saturated carbocycles. The molecule has 1 N–H and O–H groups in total. The molecule has 0 saturated heterocycles. The summed E-state index contributed by atoms with van der Waals surface area (Å²) >= 11 is 0. The van der Waals surface area contributed by atoms with Gasteiger partial charge < -0.3 is 5.32 Å². The molecule has 0 aliphatic rings. The molecule has 3 aromatic rings. The van der Waals surface area contributed by atoms with Gasteiger partial charge in [-0.1, -0.05) is 19.1 Å². The number of aromatic nitrogens is 2. The summed E-state index contributed by atoms with van der Waals surface area (Å²) in [6.45, 7) is 3.93. The number of carbonyl (C=O) groups excluding carboxylic acids is 1. The van der Waals surface area contributed by atoms with Crippen LogP contribution in [0.2, 0.25) is 0 Å². The third-order valence-corrected chi connectivity index (χ3v) is 3.61. The summed E-state index contributed by atoms with van der Waals surface area (Å²) in [7, 11) is 0. The fourth-order valence-electron chi connectivity index (χ4n) is 2.52. The number of benzene rings is 1. The molecule has 2 aromatic heterocycles. The molecule has 0 fully saturated rings. The van der Waals surface area contributed by atoms with Crippen molar-refractivity contribution in [1.29, 1.82) is 0 Å². The molecule has 0 unspecified atom stereocenters. The van der Waals surface area contributed by atoms with Gasteiger partial charge in [0, 0.05) is 18.2 Å². The largest absolute Gasteiger partial charge is 0.310 e. The zero-order chi connectivity index (χ0) is 16.4. The molecule has 118 valence electrons. The molecule has 1 amide bonds. The van der Waals surface area contributed by atoms with E-state index in [1.165, 1.54) is 12.1 Å². The molecule has 0 spiro atoms. The highest BCUT2D eigenvalue weighted by Gasteiger charge is 2.16. The predicted octanol–water partition coefficient (Wildman–Crippen LogP) is 4.19. The van der Waals surface area contributed by atoms with Crippen LogP contribution in [0.3, 0.4) is 0 Å². The van der Waals surface area contributed by atoms with Crippen molar-refractivity contribution in [3.63, 3.8) is 0 Å². The van der Waals surface area contributed by atoms with E-state index in [1.54, 1.807) is 12.1 Å². The second-order valence-electron chi connectivity index (χ2n) is 5.55. The number of carbonyl (C=O) groups is 1. The SMILES string of the molecule is CCCC(=O)Nc1c(-c2cccc(F)c2)nc2cc(C)ccn12. The quantitative estimate of drug-likeness (QED) is 0.785. The zero-order valence-electron chi connectivity index (χ0n) is 13.1. The van der Waals surface area contributed by atoms with E-state index in [9.17, 15) is 9.18 Å². The van der Waals surface area contributed by atoms with Crippen LogP contribution < -0.4 is 5.32 Å². The number of rotatable bonds is 4. The molecule has 1 aromatic carbocycles. The van der Waals surface area contributed by atoms with Crippen LogP contribution in [-0.4, -0.2) is 15.3 Å². The Morgan fingerprint density at radius 3 is 2.87 bits per heavy atom. The number of anilines is 1. The molecular formula is C18H18FN3O. The Kier molecular flexibility index (Phi) is 4.10. The van der Waals surface area contributed by atoms with Crippen molar-refractivity contribution < 1.29 is 9.18 Å². The third kappa shape index (κ3) is 3.08. The smallest absolute Gasteiger partial charge is 0.225 e. The fourth-order valence-corrected chi connectivity index (χ4v) is 2.52. The second-order valence-corrected chi connectivity index (χ2v) is 5.55. The van der Waals surface area contributed by atoms with Gasteiger partial charge in [0.05, 0.1) is 0 Å². The van der Waals surface area contributed by atoms with Crippen molar-refractivity contribution in [3.8, 4) is 11.3 Å². The first-order valence-electron chi connectivity index (χ1n) is 7.63. The van der Waals surface area contributed by atoms with E-state index >= 15 is 0 Å². The number of halogens is 1. The van der Waals surface area contributed by atoms with E-state index in [1.807, 2.05) is 36.6 Å². The number of pyridine rings is 1. The summed E-state index contributed by atoms with van der Waals surface area (Å²) in [5.74, 6) is 0.165. The van der Waals surface area contributed by atoms with E-state index in [2.05, 4.69) is 10.3 Å². The van der Waals surface area contributed by atoms with Gasteiger partial charge in [-0.3, -0.25) is 9.20 Å². The highest BCUT2D eigenvalue weighted by molar-refractivity contribution is 5.94. The Bertz CT molecular complexity index is 870. The average Bonchev–Trinajstić information content (AvgIpc) is 2.85. The minimum absolute atomic E-state index is 0.0764. The standard InChI is InChI=1S/C18H18FN3O/c1-3-5-16(23)21-18-17(13-6-4-7-14(19)11-13)20-15-10-12(2)8-9-22(15)18/h4,6-11H,3,5H2,1-2H3,(H,21,23). The van der Waals surface area contributed by atoms with E-state index in [0.717, 1.165) is 17.6 Å². The van der Waals surface area contributed by atoms with Crippen LogP contribution in [0.4, 0.5) is 10.2 Å².